The smallest absolute Gasteiger partial charge is 0.328 e. The van der Waals surface area contributed by atoms with Crippen molar-refractivity contribution in [3.8, 4) is 11.5 Å². The van der Waals surface area contributed by atoms with Crippen molar-refractivity contribution in [3.05, 3.63) is 65.2 Å². The first-order chi connectivity index (χ1) is 9.54. The molecule has 102 valence electrons. The van der Waals surface area contributed by atoms with Gasteiger partial charge in [-0.2, -0.15) is 0 Å². The molecule has 0 fully saturated rings. The van der Waals surface area contributed by atoms with Crippen LogP contribution in [-0.2, 0) is 4.79 Å². The van der Waals surface area contributed by atoms with E-state index in [4.69, 9.17) is 9.84 Å². The number of carbonyl (C=O) groups is 1. The second-order valence-corrected chi connectivity index (χ2v) is 4.62. The van der Waals surface area contributed by atoms with Crippen LogP contribution in [0.3, 0.4) is 0 Å². The quantitative estimate of drug-likeness (QED) is 0.845. The maximum atomic E-state index is 10.5. The van der Waals surface area contributed by atoms with Gasteiger partial charge in [0.2, 0.25) is 0 Å². The molecule has 0 spiro atoms. The molecule has 2 aromatic carbocycles. The van der Waals surface area contributed by atoms with Crippen molar-refractivity contribution in [2.45, 2.75) is 13.8 Å². The molecule has 1 N–H and O–H groups in total. The Kier molecular flexibility index (Phi) is 4.20. The lowest BCUT2D eigenvalue weighted by atomic mass is 10.1. The van der Waals surface area contributed by atoms with Crippen molar-refractivity contribution >= 4 is 12.0 Å². The Labute approximate surface area is 118 Å². The summed E-state index contributed by atoms with van der Waals surface area (Å²) in [4.78, 5) is 10.5. The van der Waals surface area contributed by atoms with E-state index in [0.29, 0.717) is 0 Å². The van der Waals surface area contributed by atoms with Crippen LogP contribution in [0.15, 0.2) is 48.5 Å². The Bertz CT molecular complexity index is 657. The van der Waals surface area contributed by atoms with Gasteiger partial charge in [-0.15, -0.1) is 0 Å². The number of ether oxygens (including phenoxy) is 1. The summed E-state index contributed by atoms with van der Waals surface area (Å²) >= 11 is 0. The monoisotopic (exact) mass is 268 g/mol. The maximum Gasteiger partial charge on any atom is 0.328 e. The normalized spacial score (nSPS) is 10.7. The first-order valence-corrected chi connectivity index (χ1v) is 6.31. The van der Waals surface area contributed by atoms with Crippen LogP contribution < -0.4 is 4.74 Å². The molecule has 0 bridgehead atoms. The summed E-state index contributed by atoms with van der Waals surface area (Å²) in [5.41, 5.74) is 2.92. The van der Waals surface area contributed by atoms with Gasteiger partial charge in [-0.3, -0.25) is 0 Å². The summed E-state index contributed by atoms with van der Waals surface area (Å²) in [6.07, 6.45) is 2.66. The molecular weight excluding hydrogens is 252 g/mol. The van der Waals surface area contributed by atoms with Gasteiger partial charge >= 0.3 is 5.97 Å². The number of hydrogen-bond donors (Lipinski definition) is 1. The molecule has 3 heteroatoms. The van der Waals surface area contributed by atoms with Gasteiger partial charge in [-0.05, 0) is 54.8 Å². The molecule has 0 heterocycles. The highest BCUT2D eigenvalue weighted by Crippen LogP contribution is 2.27. The van der Waals surface area contributed by atoms with Gasteiger partial charge in [0.1, 0.15) is 11.5 Å². The summed E-state index contributed by atoms with van der Waals surface area (Å²) in [7, 11) is 0. The summed E-state index contributed by atoms with van der Waals surface area (Å²) in [6.45, 7) is 3.96. The fraction of sp³-hybridized carbons (Fsp3) is 0.118. The number of aliphatic carboxylic acids is 1. The lowest BCUT2D eigenvalue weighted by molar-refractivity contribution is -0.131. The summed E-state index contributed by atoms with van der Waals surface area (Å²) in [6, 6.07) is 13.4. The van der Waals surface area contributed by atoms with E-state index in [-0.39, 0.29) is 0 Å². The molecule has 0 saturated carbocycles. The maximum absolute atomic E-state index is 10.5. The third-order valence-corrected chi connectivity index (χ3v) is 2.85. The third kappa shape index (κ3) is 3.72. The highest BCUT2D eigenvalue weighted by molar-refractivity contribution is 5.85. The largest absolute Gasteiger partial charge is 0.478 e. The molecule has 0 saturated heterocycles. The van der Waals surface area contributed by atoms with Crippen molar-refractivity contribution in [2.24, 2.45) is 0 Å². The average molecular weight is 268 g/mol. The predicted molar refractivity (Wildman–Crippen MR) is 79.1 cm³/mol. The minimum atomic E-state index is -0.966. The lowest BCUT2D eigenvalue weighted by Crippen LogP contribution is -1.90. The van der Waals surface area contributed by atoms with Crippen molar-refractivity contribution in [3.63, 3.8) is 0 Å². The van der Waals surface area contributed by atoms with Crippen molar-refractivity contribution in [1.82, 2.24) is 0 Å². The van der Waals surface area contributed by atoms with E-state index >= 15 is 0 Å². The first kappa shape index (κ1) is 13.9. The highest BCUT2D eigenvalue weighted by atomic mass is 16.5. The van der Waals surface area contributed by atoms with Crippen LogP contribution in [0.2, 0.25) is 0 Å². The number of hydrogen-bond acceptors (Lipinski definition) is 2. The van der Waals surface area contributed by atoms with E-state index in [1.807, 2.05) is 56.3 Å². The van der Waals surface area contributed by atoms with Gasteiger partial charge in [0.05, 0.1) is 0 Å². The molecule has 0 unspecified atom stereocenters. The van der Waals surface area contributed by atoms with E-state index in [2.05, 4.69) is 0 Å². The molecule has 0 aromatic heterocycles. The second-order valence-electron chi connectivity index (χ2n) is 4.62. The Morgan fingerprint density at radius 1 is 1.15 bits per heavy atom. The zero-order valence-corrected chi connectivity index (χ0v) is 11.5. The van der Waals surface area contributed by atoms with Crippen LogP contribution in [0.25, 0.3) is 6.08 Å². The van der Waals surface area contributed by atoms with Crippen molar-refractivity contribution in [1.29, 1.82) is 0 Å². The zero-order valence-electron chi connectivity index (χ0n) is 11.5. The molecular formula is C17H16O3. The van der Waals surface area contributed by atoms with Crippen LogP contribution in [0.5, 0.6) is 11.5 Å². The van der Waals surface area contributed by atoms with Gasteiger partial charge in [-0.25, -0.2) is 4.79 Å². The molecule has 0 aliphatic rings. The summed E-state index contributed by atoms with van der Waals surface area (Å²) in [5, 5.41) is 8.65. The number of benzene rings is 2. The molecule has 3 nitrogen and oxygen atoms in total. The van der Waals surface area contributed by atoms with Crippen LogP contribution in [0, 0.1) is 13.8 Å². The van der Waals surface area contributed by atoms with E-state index in [9.17, 15) is 4.79 Å². The second kappa shape index (κ2) is 6.06. The standard InChI is InChI=1S/C17H16O3/c1-12-4-3-5-15(10-12)20-16-11-14(7-6-13(16)2)8-9-17(18)19/h3-11H,1-2H3,(H,18,19)/b9-8+. The minimum absolute atomic E-state index is 0.725. The van der Waals surface area contributed by atoms with E-state index in [0.717, 1.165) is 34.3 Å². The topological polar surface area (TPSA) is 46.5 Å². The van der Waals surface area contributed by atoms with Gasteiger partial charge in [0, 0.05) is 6.08 Å². The van der Waals surface area contributed by atoms with Crippen LogP contribution >= 0.6 is 0 Å². The zero-order chi connectivity index (χ0) is 14.5. The SMILES string of the molecule is Cc1cccc(Oc2cc(/C=C/C(=O)O)ccc2C)c1. The Morgan fingerprint density at radius 3 is 2.65 bits per heavy atom. The average Bonchev–Trinajstić information content (AvgIpc) is 2.39. The van der Waals surface area contributed by atoms with Gasteiger partial charge in [0.15, 0.2) is 0 Å². The molecule has 0 aliphatic carbocycles. The molecule has 0 atom stereocenters. The fourth-order valence-electron chi connectivity index (χ4n) is 1.80. The highest BCUT2D eigenvalue weighted by Gasteiger charge is 2.03. The lowest BCUT2D eigenvalue weighted by Gasteiger charge is -2.10. The first-order valence-electron chi connectivity index (χ1n) is 6.31. The third-order valence-electron chi connectivity index (χ3n) is 2.85. The van der Waals surface area contributed by atoms with Crippen LogP contribution in [-0.4, -0.2) is 11.1 Å². The van der Waals surface area contributed by atoms with E-state index in [1.165, 1.54) is 0 Å². The summed E-state index contributed by atoms with van der Waals surface area (Å²) in [5.74, 6) is 0.530. The Morgan fingerprint density at radius 2 is 1.95 bits per heavy atom. The Balaban J connectivity index is 2.27. The van der Waals surface area contributed by atoms with E-state index in [1.54, 1.807) is 6.08 Å². The number of carboxylic acid groups (broad SMARTS) is 1. The van der Waals surface area contributed by atoms with Gasteiger partial charge in [0.25, 0.3) is 0 Å². The molecule has 2 rings (SSSR count). The number of carboxylic acids is 1. The molecule has 0 aliphatic heterocycles. The Hall–Kier alpha value is -2.55. The van der Waals surface area contributed by atoms with Crippen LogP contribution in [0.1, 0.15) is 16.7 Å². The molecule has 0 radical (unpaired) electrons. The number of rotatable bonds is 4. The van der Waals surface area contributed by atoms with Crippen LogP contribution in [0.4, 0.5) is 0 Å². The number of aryl methyl sites for hydroxylation is 2. The fourth-order valence-corrected chi connectivity index (χ4v) is 1.80. The van der Waals surface area contributed by atoms with Gasteiger partial charge in [-0.1, -0.05) is 24.3 Å². The predicted octanol–water partition coefficient (Wildman–Crippen LogP) is 4.19. The van der Waals surface area contributed by atoms with Crippen molar-refractivity contribution in [2.75, 3.05) is 0 Å². The summed E-state index contributed by atoms with van der Waals surface area (Å²) < 4.78 is 5.86. The van der Waals surface area contributed by atoms with Gasteiger partial charge < -0.3 is 9.84 Å². The van der Waals surface area contributed by atoms with E-state index < -0.39 is 5.97 Å². The molecule has 20 heavy (non-hydrogen) atoms. The van der Waals surface area contributed by atoms with Crippen molar-refractivity contribution < 1.29 is 14.6 Å². The molecule has 2 aromatic rings. The minimum Gasteiger partial charge on any atom is -0.478 e. The molecule has 0 amide bonds.